The number of halogens is 2. The maximum atomic E-state index is 12.6. The Hall–Kier alpha value is -1.63. The number of H-pyrrole nitrogens is 1. The van der Waals surface area contributed by atoms with Gasteiger partial charge in [-0.25, -0.2) is 4.98 Å². The lowest BCUT2D eigenvalue weighted by molar-refractivity contribution is 0.0625. The van der Waals surface area contributed by atoms with Gasteiger partial charge in [-0.3, -0.25) is 14.8 Å². The molecule has 0 spiro atoms. The minimum absolute atomic E-state index is 0.0740. The summed E-state index contributed by atoms with van der Waals surface area (Å²) in [6, 6.07) is 5.14. The first-order valence-corrected chi connectivity index (χ1v) is 8.70. The Balaban J connectivity index is 1.58. The molecule has 3 rings (SSSR count). The second-order valence-electron chi connectivity index (χ2n) is 5.72. The van der Waals surface area contributed by atoms with Crippen LogP contribution in [-0.4, -0.2) is 57.1 Å². The quantitative estimate of drug-likeness (QED) is 0.901. The average molecular weight is 368 g/mol. The number of benzene rings is 1. The van der Waals surface area contributed by atoms with Crippen molar-refractivity contribution in [3.05, 3.63) is 45.5 Å². The van der Waals surface area contributed by atoms with E-state index in [9.17, 15) is 4.79 Å². The molecule has 2 heterocycles. The van der Waals surface area contributed by atoms with Crippen molar-refractivity contribution in [3.8, 4) is 0 Å². The van der Waals surface area contributed by atoms with Crippen molar-refractivity contribution in [1.82, 2.24) is 25.0 Å². The van der Waals surface area contributed by atoms with Crippen molar-refractivity contribution in [2.75, 3.05) is 26.2 Å². The van der Waals surface area contributed by atoms with Crippen LogP contribution in [0.2, 0.25) is 10.0 Å². The fourth-order valence-electron chi connectivity index (χ4n) is 2.72. The number of piperazine rings is 1. The standard InChI is InChI=1S/C16H19Cl2N5O/c1-2-13-19-14(21-20-13)10-22-6-8-23(9-7-22)16(24)11-4-3-5-12(17)15(11)18/h3-5H,2,6-10H2,1H3,(H,19,20,21). The number of amides is 1. The lowest BCUT2D eigenvalue weighted by Crippen LogP contribution is -2.48. The third-order valence-corrected chi connectivity index (χ3v) is 4.93. The molecule has 2 aromatic rings. The Bertz CT molecular complexity index is 725. The van der Waals surface area contributed by atoms with E-state index in [2.05, 4.69) is 20.1 Å². The number of nitrogens with one attached hydrogen (secondary N) is 1. The summed E-state index contributed by atoms with van der Waals surface area (Å²) in [5.41, 5.74) is 0.459. The molecule has 6 nitrogen and oxygen atoms in total. The normalized spacial score (nSPS) is 15.7. The van der Waals surface area contributed by atoms with E-state index in [4.69, 9.17) is 23.2 Å². The first kappa shape index (κ1) is 17.2. The van der Waals surface area contributed by atoms with Gasteiger partial charge in [0.05, 0.1) is 22.2 Å². The number of aromatic amines is 1. The van der Waals surface area contributed by atoms with Gasteiger partial charge in [0, 0.05) is 32.6 Å². The van der Waals surface area contributed by atoms with Gasteiger partial charge in [-0.15, -0.1) is 0 Å². The SMILES string of the molecule is CCc1n[nH]c(CN2CCN(C(=O)c3cccc(Cl)c3Cl)CC2)n1. The number of rotatable bonds is 4. The highest BCUT2D eigenvalue weighted by molar-refractivity contribution is 6.43. The van der Waals surface area contributed by atoms with Crippen LogP contribution in [0.4, 0.5) is 0 Å². The van der Waals surface area contributed by atoms with Crippen LogP contribution in [-0.2, 0) is 13.0 Å². The lowest BCUT2D eigenvalue weighted by atomic mass is 10.1. The van der Waals surface area contributed by atoms with Crippen LogP contribution in [0.3, 0.4) is 0 Å². The van der Waals surface area contributed by atoms with E-state index in [-0.39, 0.29) is 5.91 Å². The molecule has 1 amide bonds. The molecule has 24 heavy (non-hydrogen) atoms. The number of nitrogens with zero attached hydrogens (tertiary/aromatic N) is 4. The van der Waals surface area contributed by atoms with Crippen molar-refractivity contribution in [1.29, 1.82) is 0 Å². The summed E-state index contributed by atoms with van der Waals surface area (Å²) < 4.78 is 0. The zero-order valence-corrected chi connectivity index (χ0v) is 14.9. The van der Waals surface area contributed by atoms with E-state index in [0.29, 0.717) is 35.2 Å². The van der Waals surface area contributed by atoms with E-state index < -0.39 is 0 Å². The summed E-state index contributed by atoms with van der Waals surface area (Å²) in [6.07, 6.45) is 0.819. The molecule has 1 aliphatic rings. The minimum atomic E-state index is -0.0740. The van der Waals surface area contributed by atoms with Crippen LogP contribution in [0.5, 0.6) is 0 Å². The maximum absolute atomic E-state index is 12.6. The van der Waals surface area contributed by atoms with Gasteiger partial charge in [0.2, 0.25) is 0 Å². The van der Waals surface area contributed by atoms with Crippen molar-refractivity contribution in [2.45, 2.75) is 19.9 Å². The molecule has 0 saturated carbocycles. The second-order valence-corrected chi connectivity index (χ2v) is 6.51. The Labute approximate surface area is 150 Å². The summed E-state index contributed by atoms with van der Waals surface area (Å²) in [5.74, 6) is 1.62. The first-order chi connectivity index (χ1) is 11.6. The van der Waals surface area contributed by atoms with Crippen molar-refractivity contribution >= 4 is 29.1 Å². The molecule has 128 valence electrons. The van der Waals surface area contributed by atoms with Crippen molar-refractivity contribution < 1.29 is 4.79 Å². The smallest absolute Gasteiger partial charge is 0.255 e. The summed E-state index contributed by atoms with van der Waals surface area (Å²) in [5, 5.41) is 7.83. The number of carbonyl (C=O) groups excluding carboxylic acids is 1. The van der Waals surface area contributed by atoms with E-state index in [1.807, 2.05) is 11.8 Å². The van der Waals surface area contributed by atoms with Crippen LogP contribution in [0, 0.1) is 0 Å². The molecule has 1 aromatic heterocycles. The fraction of sp³-hybridized carbons (Fsp3) is 0.438. The van der Waals surface area contributed by atoms with Crippen LogP contribution in [0.1, 0.15) is 28.9 Å². The lowest BCUT2D eigenvalue weighted by Gasteiger charge is -2.34. The number of hydrogen-bond donors (Lipinski definition) is 1. The van der Waals surface area contributed by atoms with E-state index in [1.54, 1.807) is 18.2 Å². The molecule has 0 atom stereocenters. The first-order valence-electron chi connectivity index (χ1n) is 7.94. The molecule has 0 aliphatic carbocycles. The highest BCUT2D eigenvalue weighted by Gasteiger charge is 2.24. The summed E-state index contributed by atoms with van der Waals surface area (Å²) >= 11 is 12.1. The number of carbonyl (C=O) groups is 1. The van der Waals surface area contributed by atoms with Crippen LogP contribution < -0.4 is 0 Å². The van der Waals surface area contributed by atoms with Crippen LogP contribution in [0.15, 0.2) is 18.2 Å². The monoisotopic (exact) mass is 367 g/mol. The Kier molecular flexibility index (Phi) is 5.38. The van der Waals surface area contributed by atoms with Crippen LogP contribution >= 0.6 is 23.2 Å². The molecule has 1 aliphatic heterocycles. The summed E-state index contributed by atoms with van der Waals surface area (Å²) in [6.45, 7) is 5.61. The molecular weight excluding hydrogens is 349 g/mol. The highest BCUT2D eigenvalue weighted by atomic mass is 35.5. The number of aromatic nitrogens is 3. The Morgan fingerprint density at radius 3 is 2.67 bits per heavy atom. The van der Waals surface area contributed by atoms with Gasteiger partial charge in [-0.2, -0.15) is 5.10 Å². The van der Waals surface area contributed by atoms with Gasteiger partial charge in [-0.05, 0) is 12.1 Å². The van der Waals surface area contributed by atoms with Gasteiger partial charge in [-0.1, -0.05) is 36.2 Å². The van der Waals surface area contributed by atoms with E-state index >= 15 is 0 Å². The third-order valence-electron chi connectivity index (χ3n) is 4.11. The predicted molar refractivity (Wildman–Crippen MR) is 93.4 cm³/mol. The molecule has 1 fully saturated rings. The van der Waals surface area contributed by atoms with Gasteiger partial charge < -0.3 is 4.90 Å². The average Bonchev–Trinajstić information content (AvgIpc) is 3.05. The van der Waals surface area contributed by atoms with Crippen molar-refractivity contribution in [2.24, 2.45) is 0 Å². The van der Waals surface area contributed by atoms with Gasteiger partial charge in [0.1, 0.15) is 11.6 Å². The zero-order valence-electron chi connectivity index (χ0n) is 13.4. The summed E-state index contributed by atoms with van der Waals surface area (Å²) in [7, 11) is 0. The van der Waals surface area contributed by atoms with Gasteiger partial charge in [0.15, 0.2) is 0 Å². The minimum Gasteiger partial charge on any atom is -0.336 e. The second kappa shape index (κ2) is 7.51. The molecule has 1 aromatic carbocycles. The maximum Gasteiger partial charge on any atom is 0.255 e. The Morgan fingerprint density at radius 1 is 1.25 bits per heavy atom. The zero-order chi connectivity index (χ0) is 17.1. The van der Waals surface area contributed by atoms with Gasteiger partial charge in [0.25, 0.3) is 5.91 Å². The third kappa shape index (κ3) is 3.71. The largest absolute Gasteiger partial charge is 0.336 e. The van der Waals surface area contributed by atoms with Crippen LogP contribution in [0.25, 0.3) is 0 Å². The molecule has 1 N–H and O–H groups in total. The highest BCUT2D eigenvalue weighted by Crippen LogP contribution is 2.26. The summed E-state index contributed by atoms with van der Waals surface area (Å²) in [4.78, 5) is 21.1. The molecule has 0 unspecified atom stereocenters. The fourth-order valence-corrected chi connectivity index (χ4v) is 3.11. The molecule has 0 radical (unpaired) electrons. The van der Waals surface area contributed by atoms with Crippen molar-refractivity contribution in [3.63, 3.8) is 0 Å². The number of hydrogen-bond acceptors (Lipinski definition) is 4. The molecule has 8 heteroatoms. The molecular formula is C16H19Cl2N5O. The Morgan fingerprint density at radius 2 is 2.00 bits per heavy atom. The van der Waals surface area contributed by atoms with E-state index in [1.165, 1.54) is 0 Å². The topological polar surface area (TPSA) is 65.1 Å². The van der Waals surface area contributed by atoms with Gasteiger partial charge >= 0.3 is 0 Å². The molecule has 0 bridgehead atoms. The van der Waals surface area contributed by atoms with E-state index in [0.717, 1.165) is 31.2 Å². The predicted octanol–water partition coefficient (Wildman–Crippen LogP) is 2.63. The molecule has 1 saturated heterocycles. The number of aryl methyl sites for hydroxylation is 1.